The molecule has 0 spiro atoms. The first kappa shape index (κ1) is 19.9. The second-order valence-electron chi connectivity index (χ2n) is 6.74. The molecular weight excluding hydrogens is 303 g/mol. The van der Waals surface area contributed by atoms with Crippen LogP contribution < -0.4 is 0 Å². The van der Waals surface area contributed by atoms with Gasteiger partial charge in [0, 0.05) is 6.42 Å². The lowest BCUT2D eigenvalue weighted by atomic mass is 9.86. The van der Waals surface area contributed by atoms with E-state index in [-0.39, 0.29) is 5.48 Å². The average molecular weight is 334 g/mol. The molecule has 0 aliphatic heterocycles. The molecule has 23 heavy (non-hydrogen) atoms. The molecular formula is C20H31O2P. The molecule has 1 rings (SSSR count). The molecule has 0 aromatic carbocycles. The van der Waals surface area contributed by atoms with Gasteiger partial charge in [-0.25, -0.2) is 0 Å². The highest BCUT2D eigenvalue weighted by Gasteiger charge is 2.27. The Morgan fingerprint density at radius 2 is 2.04 bits per heavy atom. The van der Waals surface area contributed by atoms with Crippen LogP contribution in [0.3, 0.4) is 0 Å². The number of rotatable bonds is 9. The van der Waals surface area contributed by atoms with Crippen LogP contribution in [0.15, 0.2) is 47.3 Å². The van der Waals surface area contributed by atoms with Crippen LogP contribution in [-0.4, -0.2) is 15.7 Å². The van der Waals surface area contributed by atoms with Gasteiger partial charge in [-0.1, -0.05) is 52.4 Å². The largest absolute Gasteiger partial charge is 0.512 e. The number of allylic oxidation sites excluding steroid dienone is 6. The fraction of sp³-hybridized carbons (Fsp3) is 0.550. The van der Waals surface area contributed by atoms with E-state index in [0.717, 1.165) is 37.7 Å². The molecule has 2 atom stereocenters. The lowest BCUT2D eigenvalue weighted by Gasteiger charge is -2.19. The van der Waals surface area contributed by atoms with Crippen molar-refractivity contribution in [2.75, 3.05) is 0 Å². The molecule has 2 N–H and O–H groups in total. The summed E-state index contributed by atoms with van der Waals surface area (Å²) >= 11 is 0. The maximum Gasteiger partial charge on any atom is 0.0931 e. The molecule has 3 heteroatoms. The number of aliphatic hydroxyl groups excluding tert-OH is 2. The van der Waals surface area contributed by atoms with E-state index in [0.29, 0.717) is 24.0 Å². The summed E-state index contributed by atoms with van der Waals surface area (Å²) in [6.07, 6.45) is 11.6. The predicted molar refractivity (Wildman–Crippen MR) is 103 cm³/mol. The Morgan fingerprint density at radius 1 is 1.35 bits per heavy atom. The predicted octanol–water partition coefficient (Wildman–Crippen LogP) is 6.13. The smallest absolute Gasteiger partial charge is 0.0931 e. The molecule has 1 aliphatic rings. The van der Waals surface area contributed by atoms with Crippen LogP contribution in [0.1, 0.15) is 59.3 Å². The van der Waals surface area contributed by atoms with E-state index in [1.807, 2.05) is 6.08 Å². The maximum absolute atomic E-state index is 10.4. The van der Waals surface area contributed by atoms with E-state index < -0.39 is 0 Å². The second kappa shape index (κ2) is 9.90. The van der Waals surface area contributed by atoms with Crippen LogP contribution in [0.5, 0.6) is 0 Å². The van der Waals surface area contributed by atoms with Gasteiger partial charge in [0.1, 0.15) is 0 Å². The third-order valence-corrected chi connectivity index (χ3v) is 4.52. The molecule has 0 fully saturated rings. The molecule has 2 nitrogen and oxygen atoms in total. The maximum atomic E-state index is 10.4. The summed E-state index contributed by atoms with van der Waals surface area (Å²) in [5, 5.41) is 19.8. The van der Waals surface area contributed by atoms with E-state index in [2.05, 4.69) is 42.3 Å². The zero-order chi connectivity index (χ0) is 17.4. The minimum Gasteiger partial charge on any atom is -0.512 e. The molecule has 0 saturated heterocycles. The quantitative estimate of drug-likeness (QED) is 0.175. The lowest BCUT2D eigenvalue weighted by molar-refractivity contribution is 0.345. The van der Waals surface area contributed by atoms with Crippen LogP contribution in [0, 0.1) is 11.8 Å². The Labute approximate surface area is 143 Å². The monoisotopic (exact) mass is 334 g/mol. The molecule has 0 saturated carbocycles. The highest BCUT2D eigenvalue weighted by Crippen LogP contribution is 2.38. The minimum atomic E-state index is 0.0944. The van der Waals surface area contributed by atoms with Crippen molar-refractivity contribution in [3.63, 3.8) is 0 Å². The van der Waals surface area contributed by atoms with Gasteiger partial charge in [0.25, 0.3) is 0 Å². The van der Waals surface area contributed by atoms with E-state index in [4.69, 9.17) is 0 Å². The molecule has 0 bridgehead atoms. The highest BCUT2D eigenvalue weighted by atomic mass is 31.0. The molecule has 0 heterocycles. The molecule has 0 aromatic heterocycles. The molecule has 0 radical (unpaired) electrons. The van der Waals surface area contributed by atoms with Crippen LogP contribution in [-0.2, 0) is 0 Å². The van der Waals surface area contributed by atoms with E-state index in [1.54, 1.807) is 6.08 Å². The summed E-state index contributed by atoms with van der Waals surface area (Å²) in [6, 6.07) is 0. The standard InChI is InChI=1S/C20H31O2P/c1-5-6-7-8-16(12-20(22)23)11-18(21)13-17-9-15(4)10-19(17)14(2)3/h9,11-12,17,19,21-23H,2,5-8,10,13H2,1,3-4H3/b16-12-,18-11+/t17-,19-/m0/s1. The molecule has 0 amide bonds. The molecule has 1 aliphatic carbocycles. The minimum absolute atomic E-state index is 0.0944. The van der Waals surface area contributed by atoms with Crippen molar-refractivity contribution in [2.45, 2.75) is 59.3 Å². The Kier molecular flexibility index (Phi) is 8.58. The van der Waals surface area contributed by atoms with Crippen molar-refractivity contribution in [3.05, 3.63) is 47.3 Å². The summed E-state index contributed by atoms with van der Waals surface area (Å²) in [4.78, 5) is 0. The van der Waals surface area contributed by atoms with Crippen molar-refractivity contribution < 1.29 is 10.2 Å². The van der Waals surface area contributed by atoms with Crippen molar-refractivity contribution in [1.82, 2.24) is 0 Å². The zero-order valence-electron chi connectivity index (χ0n) is 14.7. The summed E-state index contributed by atoms with van der Waals surface area (Å²) in [6.45, 7) is 10.5. The number of aliphatic hydroxyl groups is 2. The van der Waals surface area contributed by atoms with Crippen LogP contribution >= 0.6 is 8.86 Å². The third kappa shape index (κ3) is 7.33. The molecule has 0 unspecified atom stereocenters. The van der Waals surface area contributed by atoms with E-state index in [9.17, 15) is 10.2 Å². The summed E-state index contributed by atoms with van der Waals surface area (Å²) < 4.78 is 0. The van der Waals surface area contributed by atoms with Gasteiger partial charge in [-0.3, -0.25) is 0 Å². The summed E-state index contributed by atoms with van der Waals surface area (Å²) in [5.74, 6) is 1.12. The zero-order valence-corrected chi connectivity index (χ0v) is 15.7. The Balaban J connectivity index is 2.78. The topological polar surface area (TPSA) is 40.5 Å². The first-order valence-electron chi connectivity index (χ1n) is 8.53. The SMILES string of the molecule is C=C(C)[C@@H]1CC(C)=C[C@H]1C/C(O)=C\C(=C/C(O)=P)CCCCC. The van der Waals surface area contributed by atoms with Crippen molar-refractivity contribution >= 4 is 14.3 Å². The van der Waals surface area contributed by atoms with Gasteiger partial charge >= 0.3 is 0 Å². The summed E-state index contributed by atoms with van der Waals surface area (Å²) in [7, 11) is 3.11. The number of hydrogen-bond acceptors (Lipinski definition) is 1. The van der Waals surface area contributed by atoms with Gasteiger partial charge < -0.3 is 10.2 Å². The van der Waals surface area contributed by atoms with Crippen molar-refractivity contribution in [2.24, 2.45) is 11.8 Å². The third-order valence-electron chi connectivity index (χ3n) is 4.38. The van der Waals surface area contributed by atoms with Crippen LogP contribution in [0.25, 0.3) is 0 Å². The van der Waals surface area contributed by atoms with Gasteiger partial charge in [0.05, 0.1) is 11.2 Å². The van der Waals surface area contributed by atoms with Crippen LogP contribution in [0.4, 0.5) is 0 Å². The van der Waals surface area contributed by atoms with Gasteiger partial charge in [0.2, 0.25) is 0 Å². The fourth-order valence-corrected chi connectivity index (χ4v) is 3.43. The second-order valence-corrected chi connectivity index (χ2v) is 7.25. The molecule has 128 valence electrons. The molecule has 0 aromatic rings. The highest BCUT2D eigenvalue weighted by molar-refractivity contribution is 7.20. The Bertz CT molecular complexity index is 526. The Hall–Kier alpha value is -1.11. The van der Waals surface area contributed by atoms with Gasteiger partial charge in [-0.2, -0.15) is 0 Å². The first-order valence-corrected chi connectivity index (χ1v) is 9.03. The number of hydrogen-bond donors (Lipinski definition) is 2. The van der Waals surface area contributed by atoms with Gasteiger partial charge in [0.15, 0.2) is 0 Å². The van der Waals surface area contributed by atoms with Gasteiger partial charge in [-0.15, -0.1) is 0 Å². The fourth-order valence-electron chi connectivity index (χ4n) is 3.24. The summed E-state index contributed by atoms with van der Waals surface area (Å²) in [5.41, 5.74) is 3.60. The first-order chi connectivity index (χ1) is 10.8. The lowest BCUT2D eigenvalue weighted by Crippen LogP contribution is -2.10. The van der Waals surface area contributed by atoms with Crippen LogP contribution in [0.2, 0.25) is 0 Å². The van der Waals surface area contributed by atoms with Crippen molar-refractivity contribution in [1.29, 1.82) is 0 Å². The van der Waals surface area contributed by atoms with E-state index in [1.165, 1.54) is 11.1 Å². The van der Waals surface area contributed by atoms with Gasteiger partial charge in [-0.05, 0) is 62.7 Å². The normalized spacial score (nSPS) is 22.2. The Morgan fingerprint density at radius 3 is 2.61 bits per heavy atom. The van der Waals surface area contributed by atoms with Crippen molar-refractivity contribution in [3.8, 4) is 0 Å². The average Bonchev–Trinajstić information content (AvgIpc) is 2.79. The van der Waals surface area contributed by atoms with E-state index >= 15 is 0 Å². The number of unbranched alkanes of at least 4 members (excludes halogenated alkanes) is 2.